The predicted octanol–water partition coefficient (Wildman–Crippen LogP) is 0.586. The lowest BCUT2D eigenvalue weighted by Gasteiger charge is -2.43. The molecule has 0 spiro atoms. The summed E-state index contributed by atoms with van der Waals surface area (Å²) in [6, 6.07) is 8.69. The Morgan fingerprint density at radius 1 is 1.53 bits per heavy atom. The average Bonchev–Trinajstić information content (AvgIpc) is 2.44. The van der Waals surface area contributed by atoms with Crippen LogP contribution in [0.2, 0.25) is 0 Å². The second-order valence-electron chi connectivity index (χ2n) is 4.81. The standard InChI is InChI=1S/C14H17N3O2/c1-10-8-17(13(9-18)14(19)16(10)2)12-5-3-4-11(6-12)7-15/h3-6,10,13,18H,8-9H2,1-2H3. The summed E-state index contributed by atoms with van der Waals surface area (Å²) in [7, 11) is 1.75. The zero-order valence-corrected chi connectivity index (χ0v) is 11.1. The Hall–Kier alpha value is -2.06. The summed E-state index contributed by atoms with van der Waals surface area (Å²) in [5, 5.41) is 18.4. The maximum Gasteiger partial charge on any atom is 0.247 e. The summed E-state index contributed by atoms with van der Waals surface area (Å²) in [4.78, 5) is 15.7. The fraction of sp³-hybridized carbons (Fsp3) is 0.429. The third kappa shape index (κ3) is 2.40. The van der Waals surface area contributed by atoms with Crippen molar-refractivity contribution in [2.45, 2.75) is 19.0 Å². The molecule has 0 saturated carbocycles. The molecule has 0 aliphatic carbocycles. The van der Waals surface area contributed by atoms with Crippen molar-refractivity contribution in [3.05, 3.63) is 29.8 Å². The molecule has 100 valence electrons. The van der Waals surface area contributed by atoms with Crippen molar-refractivity contribution < 1.29 is 9.90 Å². The van der Waals surface area contributed by atoms with Crippen molar-refractivity contribution in [1.29, 1.82) is 5.26 Å². The van der Waals surface area contributed by atoms with Crippen LogP contribution in [0, 0.1) is 11.3 Å². The summed E-state index contributed by atoms with van der Waals surface area (Å²) in [5.74, 6) is -0.0939. The largest absolute Gasteiger partial charge is 0.394 e. The van der Waals surface area contributed by atoms with Gasteiger partial charge in [0.25, 0.3) is 0 Å². The van der Waals surface area contributed by atoms with Gasteiger partial charge in [0.2, 0.25) is 5.91 Å². The quantitative estimate of drug-likeness (QED) is 0.844. The van der Waals surface area contributed by atoms with E-state index in [0.29, 0.717) is 12.1 Å². The molecule has 1 aliphatic rings. The highest BCUT2D eigenvalue weighted by molar-refractivity contribution is 5.87. The van der Waals surface area contributed by atoms with Gasteiger partial charge in [-0.05, 0) is 25.1 Å². The van der Waals surface area contributed by atoms with Gasteiger partial charge >= 0.3 is 0 Å². The number of likely N-dealkylation sites (N-methyl/N-ethyl adjacent to an activating group) is 1. The second kappa shape index (κ2) is 5.29. The van der Waals surface area contributed by atoms with Gasteiger partial charge in [-0.3, -0.25) is 4.79 Å². The smallest absolute Gasteiger partial charge is 0.247 e. The third-order valence-corrected chi connectivity index (χ3v) is 3.61. The summed E-state index contributed by atoms with van der Waals surface area (Å²) in [6.07, 6.45) is 0. The lowest BCUT2D eigenvalue weighted by Crippen LogP contribution is -2.61. The fourth-order valence-corrected chi connectivity index (χ4v) is 2.34. The van der Waals surface area contributed by atoms with Gasteiger partial charge in [-0.15, -0.1) is 0 Å². The van der Waals surface area contributed by atoms with Crippen LogP contribution < -0.4 is 4.90 Å². The van der Waals surface area contributed by atoms with E-state index < -0.39 is 6.04 Å². The van der Waals surface area contributed by atoms with Crippen LogP contribution in [-0.4, -0.2) is 48.2 Å². The van der Waals surface area contributed by atoms with Crippen LogP contribution in [0.15, 0.2) is 24.3 Å². The number of amides is 1. The number of benzene rings is 1. The van der Waals surface area contributed by atoms with E-state index in [0.717, 1.165) is 5.69 Å². The van der Waals surface area contributed by atoms with Crippen molar-refractivity contribution in [2.24, 2.45) is 0 Å². The monoisotopic (exact) mass is 259 g/mol. The van der Waals surface area contributed by atoms with E-state index in [4.69, 9.17) is 5.26 Å². The number of anilines is 1. The van der Waals surface area contributed by atoms with Crippen LogP contribution in [0.5, 0.6) is 0 Å². The minimum absolute atomic E-state index is 0.0704. The molecule has 0 aromatic heterocycles. The third-order valence-electron chi connectivity index (χ3n) is 3.61. The Kier molecular flexibility index (Phi) is 3.72. The minimum Gasteiger partial charge on any atom is -0.394 e. The van der Waals surface area contributed by atoms with E-state index in [1.807, 2.05) is 17.9 Å². The van der Waals surface area contributed by atoms with Crippen LogP contribution in [0.4, 0.5) is 5.69 Å². The summed E-state index contributed by atoms with van der Waals surface area (Å²) in [5.41, 5.74) is 1.35. The molecule has 5 nitrogen and oxygen atoms in total. The predicted molar refractivity (Wildman–Crippen MR) is 71.6 cm³/mol. The zero-order valence-electron chi connectivity index (χ0n) is 11.1. The lowest BCUT2D eigenvalue weighted by atomic mass is 10.1. The van der Waals surface area contributed by atoms with E-state index in [1.54, 1.807) is 30.1 Å². The van der Waals surface area contributed by atoms with Crippen molar-refractivity contribution in [3.8, 4) is 6.07 Å². The Bertz CT molecular complexity index is 524. The first-order valence-electron chi connectivity index (χ1n) is 6.22. The minimum atomic E-state index is -0.574. The Morgan fingerprint density at radius 2 is 2.26 bits per heavy atom. The van der Waals surface area contributed by atoms with Gasteiger partial charge in [0, 0.05) is 25.3 Å². The Balaban J connectivity index is 2.36. The van der Waals surface area contributed by atoms with E-state index >= 15 is 0 Å². The number of nitrogens with zero attached hydrogens (tertiary/aromatic N) is 3. The number of aliphatic hydroxyl groups is 1. The maximum atomic E-state index is 12.2. The van der Waals surface area contributed by atoms with E-state index in [1.165, 1.54) is 0 Å². The Morgan fingerprint density at radius 3 is 2.89 bits per heavy atom. The maximum absolute atomic E-state index is 12.2. The topological polar surface area (TPSA) is 67.6 Å². The van der Waals surface area contributed by atoms with Crippen molar-refractivity contribution in [3.63, 3.8) is 0 Å². The van der Waals surface area contributed by atoms with Gasteiger partial charge in [-0.1, -0.05) is 6.07 Å². The highest BCUT2D eigenvalue weighted by Gasteiger charge is 2.36. The molecule has 0 radical (unpaired) electrons. The molecule has 2 rings (SSSR count). The average molecular weight is 259 g/mol. The molecular weight excluding hydrogens is 242 g/mol. The number of carbonyl (C=O) groups excluding carboxylic acids is 1. The molecule has 1 saturated heterocycles. The van der Waals surface area contributed by atoms with Gasteiger partial charge < -0.3 is 14.9 Å². The van der Waals surface area contributed by atoms with Crippen LogP contribution in [0.25, 0.3) is 0 Å². The van der Waals surface area contributed by atoms with Crippen LogP contribution in [-0.2, 0) is 4.79 Å². The zero-order chi connectivity index (χ0) is 14.0. The molecule has 1 N–H and O–H groups in total. The first-order chi connectivity index (χ1) is 9.08. The number of piperazine rings is 1. The normalized spacial score (nSPS) is 23.4. The number of rotatable bonds is 2. The first-order valence-corrected chi connectivity index (χ1v) is 6.22. The van der Waals surface area contributed by atoms with Gasteiger partial charge in [0.05, 0.1) is 18.2 Å². The van der Waals surface area contributed by atoms with Crippen molar-refractivity contribution >= 4 is 11.6 Å². The Labute approximate surface area is 112 Å². The highest BCUT2D eigenvalue weighted by atomic mass is 16.3. The van der Waals surface area contributed by atoms with Gasteiger partial charge in [0.1, 0.15) is 6.04 Å². The van der Waals surface area contributed by atoms with Crippen molar-refractivity contribution in [2.75, 3.05) is 25.1 Å². The molecule has 1 amide bonds. The molecule has 5 heteroatoms. The second-order valence-corrected chi connectivity index (χ2v) is 4.81. The van der Waals surface area contributed by atoms with Gasteiger partial charge in [-0.25, -0.2) is 0 Å². The molecule has 1 aromatic rings. The summed E-state index contributed by atoms with van der Waals surface area (Å²) < 4.78 is 0. The molecular formula is C14H17N3O2. The number of carbonyl (C=O) groups is 1. The molecule has 2 atom stereocenters. The van der Waals surface area contributed by atoms with E-state index in [9.17, 15) is 9.90 Å². The van der Waals surface area contributed by atoms with Crippen LogP contribution in [0.1, 0.15) is 12.5 Å². The van der Waals surface area contributed by atoms with Crippen LogP contribution >= 0.6 is 0 Å². The number of nitriles is 1. The summed E-state index contributed by atoms with van der Waals surface area (Å²) >= 11 is 0. The number of hydrogen-bond acceptors (Lipinski definition) is 4. The van der Waals surface area contributed by atoms with Crippen LogP contribution in [0.3, 0.4) is 0 Å². The molecule has 1 fully saturated rings. The number of hydrogen-bond donors (Lipinski definition) is 1. The molecule has 1 aromatic carbocycles. The fourth-order valence-electron chi connectivity index (χ4n) is 2.34. The SMILES string of the molecule is CC1CN(c2cccc(C#N)c2)C(CO)C(=O)N1C. The first kappa shape index (κ1) is 13.4. The molecule has 19 heavy (non-hydrogen) atoms. The highest BCUT2D eigenvalue weighted by Crippen LogP contribution is 2.24. The summed E-state index contributed by atoms with van der Waals surface area (Å²) in [6.45, 7) is 2.38. The van der Waals surface area contributed by atoms with Gasteiger partial charge in [0.15, 0.2) is 0 Å². The molecule has 2 unspecified atom stereocenters. The van der Waals surface area contributed by atoms with E-state index in [-0.39, 0.29) is 18.6 Å². The van der Waals surface area contributed by atoms with Gasteiger partial charge in [-0.2, -0.15) is 5.26 Å². The van der Waals surface area contributed by atoms with E-state index in [2.05, 4.69) is 6.07 Å². The molecule has 1 heterocycles. The molecule has 1 aliphatic heterocycles. The number of aliphatic hydroxyl groups excluding tert-OH is 1. The van der Waals surface area contributed by atoms with Crippen molar-refractivity contribution in [1.82, 2.24) is 4.90 Å². The molecule has 0 bridgehead atoms. The lowest BCUT2D eigenvalue weighted by molar-refractivity contribution is -0.136.